The number of aryl methyl sites for hydroxylation is 1. The summed E-state index contributed by atoms with van der Waals surface area (Å²) in [5.41, 5.74) is 1.51. The van der Waals surface area contributed by atoms with Crippen molar-refractivity contribution < 1.29 is 23.0 Å². The minimum Gasteiger partial charge on any atom is -0.508 e. The highest BCUT2D eigenvalue weighted by Gasteiger charge is 2.31. The lowest BCUT2D eigenvalue weighted by Gasteiger charge is -2.35. The quantitative estimate of drug-likeness (QED) is 0.630. The SMILES string of the molecule is Cc1cc(OC(Cc2cccc(C(F)(F)F)c2)N2CCNCC2)c(C(C)C)cc1O.Cl. The number of phenols is 1. The van der Waals surface area contributed by atoms with Crippen LogP contribution in [0.15, 0.2) is 36.4 Å². The second kappa shape index (κ2) is 10.6. The number of nitrogens with zero attached hydrogens (tertiary/aromatic N) is 1. The molecule has 1 saturated heterocycles. The summed E-state index contributed by atoms with van der Waals surface area (Å²) in [7, 11) is 0. The Morgan fingerprint density at radius 2 is 1.81 bits per heavy atom. The Morgan fingerprint density at radius 1 is 1.13 bits per heavy atom. The molecule has 0 saturated carbocycles. The van der Waals surface area contributed by atoms with Crippen molar-refractivity contribution in [1.82, 2.24) is 10.2 Å². The number of nitrogens with one attached hydrogen (secondary N) is 1. The Kier molecular flexibility index (Phi) is 8.63. The zero-order valence-corrected chi connectivity index (χ0v) is 18.8. The van der Waals surface area contributed by atoms with Gasteiger partial charge in [0, 0.05) is 38.2 Å². The Hall–Kier alpha value is -1.96. The second-order valence-electron chi connectivity index (χ2n) is 8.09. The van der Waals surface area contributed by atoms with Crippen LogP contribution in [0, 0.1) is 6.92 Å². The lowest BCUT2D eigenvalue weighted by molar-refractivity contribution is -0.137. The van der Waals surface area contributed by atoms with Gasteiger partial charge in [0.15, 0.2) is 6.23 Å². The molecular formula is C23H30ClF3N2O2. The summed E-state index contributed by atoms with van der Waals surface area (Å²) in [4.78, 5) is 2.16. The van der Waals surface area contributed by atoms with Crippen LogP contribution < -0.4 is 10.1 Å². The van der Waals surface area contributed by atoms with Gasteiger partial charge in [-0.1, -0.05) is 32.0 Å². The molecule has 172 valence electrons. The average molecular weight is 459 g/mol. The number of piperazine rings is 1. The Balaban J connectivity index is 0.00000341. The van der Waals surface area contributed by atoms with Gasteiger partial charge < -0.3 is 15.2 Å². The van der Waals surface area contributed by atoms with E-state index in [0.717, 1.165) is 37.8 Å². The number of ether oxygens (including phenoxy) is 1. The second-order valence-corrected chi connectivity index (χ2v) is 8.09. The number of hydrogen-bond acceptors (Lipinski definition) is 4. The molecule has 0 radical (unpaired) electrons. The summed E-state index contributed by atoms with van der Waals surface area (Å²) in [6, 6.07) is 8.96. The van der Waals surface area contributed by atoms with Gasteiger partial charge in [-0.15, -0.1) is 12.4 Å². The molecule has 8 heteroatoms. The van der Waals surface area contributed by atoms with Gasteiger partial charge in [0.1, 0.15) is 11.5 Å². The van der Waals surface area contributed by atoms with Crippen LogP contribution in [-0.4, -0.2) is 42.4 Å². The number of hydrogen-bond donors (Lipinski definition) is 2. The van der Waals surface area contributed by atoms with Crippen molar-refractivity contribution in [1.29, 1.82) is 0 Å². The fourth-order valence-electron chi connectivity index (χ4n) is 3.68. The number of phenolic OH excluding ortho intramolecular Hbond substituents is 1. The Morgan fingerprint density at radius 3 is 2.42 bits per heavy atom. The predicted octanol–water partition coefficient (Wildman–Crippen LogP) is 5.12. The van der Waals surface area contributed by atoms with E-state index in [2.05, 4.69) is 10.2 Å². The molecular weight excluding hydrogens is 429 g/mol. The van der Waals surface area contributed by atoms with E-state index in [1.54, 1.807) is 19.1 Å². The first-order valence-corrected chi connectivity index (χ1v) is 10.3. The van der Waals surface area contributed by atoms with Crippen LogP contribution in [0.1, 0.15) is 42.0 Å². The van der Waals surface area contributed by atoms with Crippen molar-refractivity contribution in [2.24, 2.45) is 0 Å². The highest BCUT2D eigenvalue weighted by atomic mass is 35.5. The summed E-state index contributed by atoms with van der Waals surface area (Å²) in [5, 5.41) is 13.4. The van der Waals surface area contributed by atoms with E-state index in [9.17, 15) is 18.3 Å². The number of halogens is 4. The first-order valence-electron chi connectivity index (χ1n) is 10.3. The first kappa shape index (κ1) is 25.3. The Bertz CT molecular complexity index is 868. The van der Waals surface area contributed by atoms with E-state index >= 15 is 0 Å². The molecule has 1 fully saturated rings. The van der Waals surface area contributed by atoms with Crippen molar-refractivity contribution in [3.8, 4) is 11.5 Å². The van der Waals surface area contributed by atoms with Crippen molar-refractivity contribution in [2.75, 3.05) is 26.2 Å². The molecule has 2 aromatic rings. The number of alkyl halides is 3. The van der Waals surface area contributed by atoms with Gasteiger partial charge in [0.2, 0.25) is 0 Å². The summed E-state index contributed by atoms with van der Waals surface area (Å²) < 4.78 is 45.9. The average Bonchev–Trinajstić information content (AvgIpc) is 2.70. The van der Waals surface area contributed by atoms with Crippen LogP contribution in [0.4, 0.5) is 13.2 Å². The maximum absolute atomic E-state index is 13.2. The van der Waals surface area contributed by atoms with Gasteiger partial charge in [0.25, 0.3) is 0 Å². The third kappa shape index (κ3) is 6.51. The lowest BCUT2D eigenvalue weighted by Crippen LogP contribution is -2.51. The molecule has 0 amide bonds. The molecule has 1 atom stereocenters. The van der Waals surface area contributed by atoms with Crippen LogP contribution in [0.5, 0.6) is 11.5 Å². The van der Waals surface area contributed by atoms with Crippen molar-refractivity contribution in [3.05, 3.63) is 58.7 Å². The summed E-state index contributed by atoms with van der Waals surface area (Å²) in [6.45, 7) is 8.93. The standard InChI is InChI=1S/C23H29F3N2O2.ClH/c1-15(2)19-14-20(29)16(3)11-21(19)30-22(28-9-7-27-8-10-28)13-17-5-4-6-18(12-17)23(24,25)26;/h4-6,11-12,14-15,22,27,29H,7-10,13H2,1-3H3;1H. The van der Waals surface area contributed by atoms with Gasteiger partial charge in [-0.25, -0.2) is 0 Å². The zero-order chi connectivity index (χ0) is 21.9. The molecule has 0 spiro atoms. The minimum atomic E-state index is -4.37. The normalized spacial score (nSPS) is 16.1. The molecule has 0 bridgehead atoms. The van der Waals surface area contributed by atoms with Gasteiger partial charge in [-0.2, -0.15) is 13.2 Å². The fraction of sp³-hybridized carbons (Fsp3) is 0.478. The molecule has 31 heavy (non-hydrogen) atoms. The van der Waals surface area contributed by atoms with Gasteiger partial charge in [0.05, 0.1) is 5.56 Å². The van der Waals surface area contributed by atoms with Crippen LogP contribution >= 0.6 is 12.4 Å². The third-order valence-corrected chi connectivity index (χ3v) is 5.44. The van der Waals surface area contributed by atoms with E-state index in [1.165, 1.54) is 12.1 Å². The number of benzene rings is 2. The smallest absolute Gasteiger partial charge is 0.416 e. The largest absolute Gasteiger partial charge is 0.508 e. The molecule has 0 aliphatic carbocycles. The molecule has 3 rings (SSSR count). The van der Waals surface area contributed by atoms with Crippen molar-refractivity contribution in [3.63, 3.8) is 0 Å². The van der Waals surface area contributed by atoms with E-state index < -0.39 is 18.0 Å². The maximum atomic E-state index is 13.2. The maximum Gasteiger partial charge on any atom is 0.416 e. The van der Waals surface area contributed by atoms with Crippen molar-refractivity contribution >= 4 is 12.4 Å². The summed E-state index contributed by atoms with van der Waals surface area (Å²) >= 11 is 0. The van der Waals surface area contributed by atoms with E-state index in [1.807, 2.05) is 19.9 Å². The highest BCUT2D eigenvalue weighted by Crippen LogP contribution is 2.34. The zero-order valence-electron chi connectivity index (χ0n) is 18.0. The van der Waals surface area contributed by atoms with Crippen LogP contribution in [-0.2, 0) is 12.6 Å². The molecule has 1 unspecified atom stereocenters. The van der Waals surface area contributed by atoms with Gasteiger partial charge >= 0.3 is 6.18 Å². The number of rotatable bonds is 6. The molecule has 2 aromatic carbocycles. The third-order valence-electron chi connectivity index (χ3n) is 5.44. The first-order chi connectivity index (χ1) is 14.1. The summed E-state index contributed by atoms with van der Waals surface area (Å²) in [6.07, 6.45) is -4.45. The van der Waals surface area contributed by atoms with Crippen molar-refractivity contribution in [2.45, 2.75) is 45.5 Å². The highest BCUT2D eigenvalue weighted by molar-refractivity contribution is 5.85. The van der Waals surface area contributed by atoms with E-state index in [4.69, 9.17) is 4.74 Å². The molecule has 0 aromatic heterocycles. The van der Waals surface area contributed by atoms with Gasteiger partial charge in [-0.05, 0) is 42.2 Å². The minimum absolute atomic E-state index is 0. The molecule has 2 N–H and O–H groups in total. The van der Waals surface area contributed by atoms with Crippen LogP contribution in [0.3, 0.4) is 0 Å². The van der Waals surface area contributed by atoms with Crippen LogP contribution in [0.2, 0.25) is 0 Å². The molecule has 1 aliphatic rings. The summed E-state index contributed by atoms with van der Waals surface area (Å²) in [5.74, 6) is 1.00. The van der Waals surface area contributed by atoms with Crippen LogP contribution in [0.25, 0.3) is 0 Å². The molecule has 4 nitrogen and oxygen atoms in total. The lowest BCUT2D eigenvalue weighted by atomic mass is 9.99. The van der Waals surface area contributed by atoms with E-state index in [0.29, 0.717) is 23.3 Å². The monoisotopic (exact) mass is 458 g/mol. The predicted molar refractivity (Wildman–Crippen MR) is 118 cm³/mol. The topological polar surface area (TPSA) is 44.7 Å². The fourth-order valence-corrected chi connectivity index (χ4v) is 3.68. The Labute approximate surface area is 187 Å². The van der Waals surface area contributed by atoms with E-state index in [-0.39, 0.29) is 24.1 Å². The molecule has 1 heterocycles. The molecule has 1 aliphatic heterocycles. The van der Waals surface area contributed by atoms with Gasteiger partial charge in [-0.3, -0.25) is 4.90 Å². The number of aromatic hydroxyl groups is 1.